The van der Waals surface area contributed by atoms with Gasteiger partial charge in [0.1, 0.15) is 18.1 Å². The molecule has 170 valence electrons. The SMILES string of the molecule is Cc1cc(OCc2ccc(C(=O)NNC(=O)c3[nH]c4c(c3C)C(=O)CCC4)cc2)ccc1Cl. The fourth-order valence-corrected chi connectivity index (χ4v) is 3.99. The molecule has 3 N–H and O–H groups in total. The average molecular weight is 466 g/mol. The van der Waals surface area contributed by atoms with Crippen LogP contribution in [-0.2, 0) is 13.0 Å². The van der Waals surface area contributed by atoms with Gasteiger partial charge < -0.3 is 9.72 Å². The molecule has 0 saturated heterocycles. The quantitative estimate of drug-likeness (QED) is 0.484. The van der Waals surface area contributed by atoms with Crippen molar-refractivity contribution in [3.63, 3.8) is 0 Å². The number of ether oxygens (including phenoxy) is 1. The van der Waals surface area contributed by atoms with Gasteiger partial charge in [0.25, 0.3) is 11.8 Å². The molecule has 0 fully saturated rings. The van der Waals surface area contributed by atoms with E-state index in [4.69, 9.17) is 16.3 Å². The number of hydrazine groups is 1. The third-order valence-corrected chi connectivity index (χ3v) is 6.13. The van der Waals surface area contributed by atoms with E-state index in [-0.39, 0.29) is 5.78 Å². The average Bonchev–Trinajstić information content (AvgIpc) is 3.16. The molecule has 1 aliphatic carbocycles. The van der Waals surface area contributed by atoms with Crippen LogP contribution in [0.3, 0.4) is 0 Å². The number of nitrogens with one attached hydrogen (secondary N) is 3. The number of ketones is 1. The molecule has 0 atom stereocenters. The number of benzene rings is 2. The maximum absolute atomic E-state index is 12.6. The number of aromatic amines is 1. The molecule has 33 heavy (non-hydrogen) atoms. The Morgan fingerprint density at radius 2 is 1.76 bits per heavy atom. The third kappa shape index (κ3) is 4.93. The monoisotopic (exact) mass is 465 g/mol. The van der Waals surface area contributed by atoms with Gasteiger partial charge in [-0.25, -0.2) is 0 Å². The molecule has 7 nitrogen and oxygen atoms in total. The summed E-state index contributed by atoms with van der Waals surface area (Å²) in [5.41, 5.74) is 9.34. The smallest absolute Gasteiger partial charge is 0.286 e. The van der Waals surface area contributed by atoms with Crippen LogP contribution >= 0.6 is 11.6 Å². The van der Waals surface area contributed by atoms with Gasteiger partial charge in [-0.3, -0.25) is 25.2 Å². The molecule has 0 unspecified atom stereocenters. The van der Waals surface area contributed by atoms with Crippen LogP contribution in [0.5, 0.6) is 5.75 Å². The van der Waals surface area contributed by atoms with Crippen molar-refractivity contribution < 1.29 is 19.1 Å². The van der Waals surface area contributed by atoms with Crippen molar-refractivity contribution in [1.29, 1.82) is 0 Å². The number of carbonyl (C=O) groups excluding carboxylic acids is 3. The van der Waals surface area contributed by atoms with Crippen LogP contribution in [-0.4, -0.2) is 22.6 Å². The molecule has 1 aliphatic rings. The first-order chi connectivity index (χ1) is 15.8. The second kappa shape index (κ2) is 9.50. The number of hydrogen-bond donors (Lipinski definition) is 3. The minimum absolute atomic E-state index is 0.0448. The van der Waals surface area contributed by atoms with E-state index in [0.29, 0.717) is 46.2 Å². The molecular formula is C25H24ClN3O4. The molecule has 0 radical (unpaired) electrons. The van der Waals surface area contributed by atoms with Crippen molar-refractivity contribution in [3.8, 4) is 5.75 Å². The van der Waals surface area contributed by atoms with E-state index in [9.17, 15) is 14.4 Å². The number of rotatable bonds is 5. The highest BCUT2D eigenvalue weighted by Crippen LogP contribution is 2.26. The summed E-state index contributed by atoms with van der Waals surface area (Å²) in [6, 6.07) is 12.3. The second-order valence-electron chi connectivity index (χ2n) is 8.06. The van der Waals surface area contributed by atoms with E-state index >= 15 is 0 Å². The summed E-state index contributed by atoms with van der Waals surface area (Å²) in [6.45, 7) is 3.99. The Balaban J connectivity index is 1.33. The zero-order valence-electron chi connectivity index (χ0n) is 18.4. The first kappa shape index (κ1) is 22.6. The molecular weight excluding hydrogens is 442 g/mol. The summed E-state index contributed by atoms with van der Waals surface area (Å²) in [4.78, 5) is 40.2. The summed E-state index contributed by atoms with van der Waals surface area (Å²) in [5.74, 6) is -0.187. The van der Waals surface area contributed by atoms with E-state index in [1.54, 1.807) is 43.3 Å². The number of amides is 2. The van der Waals surface area contributed by atoms with Crippen LogP contribution in [0.25, 0.3) is 0 Å². The van der Waals surface area contributed by atoms with Crippen LogP contribution in [0.1, 0.15) is 66.4 Å². The Kier molecular flexibility index (Phi) is 6.51. The van der Waals surface area contributed by atoms with Crippen molar-refractivity contribution in [2.75, 3.05) is 0 Å². The van der Waals surface area contributed by atoms with Crippen molar-refractivity contribution in [3.05, 3.63) is 86.7 Å². The van der Waals surface area contributed by atoms with Crippen molar-refractivity contribution >= 4 is 29.2 Å². The van der Waals surface area contributed by atoms with Gasteiger partial charge in [-0.2, -0.15) is 0 Å². The van der Waals surface area contributed by atoms with Gasteiger partial charge in [-0.1, -0.05) is 23.7 Å². The highest BCUT2D eigenvalue weighted by molar-refractivity contribution is 6.31. The topological polar surface area (TPSA) is 100 Å². The zero-order chi connectivity index (χ0) is 23.5. The van der Waals surface area contributed by atoms with E-state index in [0.717, 1.165) is 29.7 Å². The van der Waals surface area contributed by atoms with E-state index < -0.39 is 11.8 Å². The fraction of sp³-hybridized carbons (Fsp3) is 0.240. The van der Waals surface area contributed by atoms with Gasteiger partial charge in [-0.15, -0.1) is 0 Å². The van der Waals surface area contributed by atoms with Gasteiger partial charge in [-0.05, 0) is 73.7 Å². The largest absolute Gasteiger partial charge is 0.489 e. The first-order valence-corrected chi connectivity index (χ1v) is 11.0. The molecule has 0 bridgehead atoms. The number of aromatic nitrogens is 1. The van der Waals surface area contributed by atoms with Gasteiger partial charge in [0.05, 0.1) is 0 Å². The molecule has 4 rings (SSSR count). The minimum Gasteiger partial charge on any atom is -0.489 e. The number of carbonyl (C=O) groups is 3. The first-order valence-electron chi connectivity index (χ1n) is 10.7. The fourth-order valence-electron chi connectivity index (χ4n) is 3.88. The Morgan fingerprint density at radius 1 is 1.03 bits per heavy atom. The van der Waals surface area contributed by atoms with Gasteiger partial charge in [0.15, 0.2) is 5.78 Å². The molecule has 3 aromatic rings. The lowest BCUT2D eigenvalue weighted by molar-refractivity contribution is 0.0843. The number of aryl methyl sites for hydroxylation is 2. The standard InChI is InChI=1S/C25H24ClN3O4/c1-14-12-18(10-11-19(14)26)33-13-16-6-8-17(9-7-16)24(31)28-29-25(32)23-15(2)22-20(27-23)4-3-5-21(22)30/h6-12,27H,3-5,13H2,1-2H3,(H,28,31)(H,29,32). The Labute approximate surface area is 196 Å². The number of hydrogen-bond acceptors (Lipinski definition) is 4. The molecule has 0 spiro atoms. The molecule has 1 aromatic heterocycles. The number of H-pyrrole nitrogens is 1. The third-order valence-electron chi connectivity index (χ3n) is 5.70. The van der Waals surface area contributed by atoms with Crippen molar-refractivity contribution in [1.82, 2.24) is 15.8 Å². The van der Waals surface area contributed by atoms with Crippen LogP contribution in [0.15, 0.2) is 42.5 Å². The summed E-state index contributed by atoms with van der Waals surface area (Å²) in [5, 5.41) is 0.685. The van der Waals surface area contributed by atoms with E-state index in [2.05, 4.69) is 15.8 Å². The molecule has 2 amide bonds. The highest BCUT2D eigenvalue weighted by atomic mass is 35.5. The van der Waals surface area contributed by atoms with Gasteiger partial charge in [0, 0.05) is 28.3 Å². The van der Waals surface area contributed by atoms with Crippen molar-refractivity contribution in [2.45, 2.75) is 39.7 Å². The predicted molar refractivity (Wildman–Crippen MR) is 125 cm³/mol. The van der Waals surface area contributed by atoms with Gasteiger partial charge in [0.2, 0.25) is 0 Å². The minimum atomic E-state index is -0.494. The lowest BCUT2D eigenvalue weighted by Gasteiger charge is -2.10. The molecule has 8 heteroatoms. The zero-order valence-corrected chi connectivity index (χ0v) is 19.1. The van der Waals surface area contributed by atoms with Crippen LogP contribution in [0, 0.1) is 13.8 Å². The maximum Gasteiger partial charge on any atom is 0.286 e. The highest BCUT2D eigenvalue weighted by Gasteiger charge is 2.26. The van der Waals surface area contributed by atoms with Crippen LogP contribution < -0.4 is 15.6 Å². The Bertz CT molecular complexity index is 1230. The lowest BCUT2D eigenvalue weighted by Crippen LogP contribution is -2.42. The lowest BCUT2D eigenvalue weighted by atomic mass is 9.94. The number of Topliss-reactive ketones (excluding diaryl/α,β-unsaturated/α-hetero) is 1. The molecule has 0 saturated carbocycles. The predicted octanol–water partition coefficient (Wildman–Crippen LogP) is 4.46. The van der Waals surface area contributed by atoms with E-state index in [1.807, 2.05) is 13.0 Å². The van der Waals surface area contributed by atoms with E-state index in [1.165, 1.54) is 0 Å². The summed E-state index contributed by atoms with van der Waals surface area (Å²) in [7, 11) is 0. The molecule has 0 aliphatic heterocycles. The molecule has 2 aromatic carbocycles. The summed E-state index contributed by atoms with van der Waals surface area (Å²) >= 11 is 6.03. The van der Waals surface area contributed by atoms with Crippen molar-refractivity contribution in [2.24, 2.45) is 0 Å². The second-order valence-corrected chi connectivity index (χ2v) is 8.47. The number of halogens is 1. The van der Waals surface area contributed by atoms with Crippen LogP contribution in [0.2, 0.25) is 5.02 Å². The number of fused-ring (bicyclic) bond motifs is 1. The van der Waals surface area contributed by atoms with Crippen LogP contribution in [0.4, 0.5) is 0 Å². The Hall–Kier alpha value is -3.58. The Morgan fingerprint density at radius 3 is 2.45 bits per heavy atom. The maximum atomic E-state index is 12.6. The van der Waals surface area contributed by atoms with Gasteiger partial charge >= 0.3 is 0 Å². The normalized spacial score (nSPS) is 12.8. The molecule has 1 heterocycles. The summed E-state index contributed by atoms with van der Waals surface area (Å²) in [6.07, 6.45) is 1.99. The summed E-state index contributed by atoms with van der Waals surface area (Å²) < 4.78 is 5.77.